The Morgan fingerprint density at radius 2 is 2.19 bits per heavy atom. The van der Waals surface area contributed by atoms with Gasteiger partial charge < -0.3 is 9.84 Å². The van der Waals surface area contributed by atoms with E-state index in [1.807, 2.05) is 30.3 Å². The summed E-state index contributed by atoms with van der Waals surface area (Å²) in [5.41, 5.74) is 1.78. The highest BCUT2D eigenvalue weighted by atomic mass is 16.5. The molecule has 112 valence electrons. The highest BCUT2D eigenvalue weighted by Gasteiger charge is 2.29. The van der Waals surface area contributed by atoms with E-state index in [0.717, 1.165) is 29.6 Å². The van der Waals surface area contributed by atoms with Gasteiger partial charge in [0.1, 0.15) is 12.2 Å². The van der Waals surface area contributed by atoms with Crippen LogP contribution in [0.3, 0.4) is 0 Å². The molecule has 21 heavy (non-hydrogen) atoms. The van der Waals surface area contributed by atoms with E-state index in [0.29, 0.717) is 12.6 Å². The van der Waals surface area contributed by atoms with Crippen LogP contribution in [0, 0.1) is 0 Å². The number of benzene rings is 1. The number of aliphatic hydroxyl groups excluding tert-OH is 1. The first-order valence-electron chi connectivity index (χ1n) is 7.53. The molecule has 1 aromatic heterocycles. The van der Waals surface area contributed by atoms with Crippen LogP contribution < -0.4 is 0 Å². The normalized spacial score (nSPS) is 21.8. The molecule has 0 aliphatic carbocycles. The smallest absolute Gasteiger partial charge is 0.106 e. The molecule has 0 amide bonds. The molecule has 2 aromatic rings. The predicted octanol–water partition coefficient (Wildman–Crippen LogP) is 2.38. The van der Waals surface area contributed by atoms with Crippen molar-refractivity contribution in [3.63, 3.8) is 0 Å². The number of ether oxygens (including phenoxy) is 1. The van der Waals surface area contributed by atoms with Gasteiger partial charge in [0.25, 0.3) is 0 Å². The fraction of sp³-hybridized carbons (Fsp3) is 0.471. The van der Waals surface area contributed by atoms with Crippen LogP contribution in [-0.2, 0) is 4.74 Å². The molecule has 3 rings (SSSR count). The SMILES string of the molecule is CC(C)N1CCOC(C(O)c2ccc3cccnc3c2)C1. The fourth-order valence-corrected chi connectivity index (χ4v) is 2.84. The maximum Gasteiger partial charge on any atom is 0.106 e. The molecule has 0 saturated carbocycles. The minimum atomic E-state index is -0.613. The third-order valence-electron chi connectivity index (χ3n) is 4.18. The number of nitrogens with zero attached hydrogens (tertiary/aromatic N) is 2. The number of fused-ring (bicyclic) bond motifs is 1. The fourth-order valence-electron chi connectivity index (χ4n) is 2.84. The van der Waals surface area contributed by atoms with Crippen LogP contribution in [0.25, 0.3) is 10.9 Å². The molecular formula is C17H22N2O2. The Labute approximate surface area is 125 Å². The lowest BCUT2D eigenvalue weighted by molar-refractivity contribution is -0.0961. The summed E-state index contributed by atoms with van der Waals surface area (Å²) >= 11 is 0. The second-order valence-corrected chi connectivity index (χ2v) is 5.90. The molecule has 0 spiro atoms. The number of aromatic nitrogens is 1. The van der Waals surface area contributed by atoms with Crippen molar-refractivity contribution in [2.45, 2.75) is 32.1 Å². The number of pyridine rings is 1. The maximum atomic E-state index is 10.6. The highest BCUT2D eigenvalue weighted by Crippen LogP contribution is 2.25. The monoisotopic (exact) mass is 286 g/mol. The summed E-state index contributed by atoms with van der Waals surface area (Å²) in [5, 5.41) is 11.7. The van der Waals surface area contributed by atoms with Gasteiger partial charge in [0, 0.05) is 30.7 Å². The van der Waals surface area contributed by atoms with Crippen LogP contribution in [-0.4, -0.2) is 46.8 Å². The van der Waals surface area contributed by atoms with Crippen molar-refractivity contribution in [3.8, 4) is 0 Å². The Kier molecular flexibility index (Phi) is 4.19. The predicted molar refractivity (Wildman–Crippen MR) is 83.2 cm³/mol. The van der Waals surface area contributed by atoms with Crippen LogP contribution in [0.5, 0.6) is 0 Å². The minimum absolute atomic E-state index is 0.178. The standard InChI is InChI=1S/C17H22N2O2/c1-12(2)19-8-9-21-16(11-19)17(20)14-6-5-13-4-3-7-18-15(13)10-14/h3-7,10,12,16-17,20H,8-9,11H2,1-2H3. The van der Waals surface area contributed by atoms with E-state index >= 15 is 0 Å². The first kappa shape index (κ1) is 14.4. The van der Waals surface area contributed by atoms with Crippen molar-refractivity contribution in [1.29, 1.82) is 0 Å². The first-order chi connectivity index (χ1) is 10.1. The number of morpholine rings is 1. The maximum absolute atomic E-state index is 10.6. The van der Waals surface area contributed by atoms with Crippen molar-refractivity contribution < 1.29 is 9.84 Å². The molecule has 0 radical (unpaired) electrons. The molecule has 2 atom stereocenters. The second kappa shape index (κ2) is 6.10. The molecule has 4 nitrogen and oxygen atoms in total. The third kappa shape index (κ3) is 3.07. The summed E-state index contributed by atoms with van der Waals surface area (Å²) in [6.07, 6.45) is 0.982. The molecule has 2 unspecified atom stereocenters. The summed E-state index contributed by atoms with van der Waals surface area (Å²) in [7, 11) is 0. The molecule has 1 N–H and O–H groups in total. The minimum Gasteiger partial charge on any atom is -0.386 e. The largest absolute Gasteiger partial charge is 0.386 e. The summed E-state index contributed by atoms with van der Waals surface area (Å²) in [5.74, 6) is 0. The summed E-state index contributed by atoms with van der Waals surface area (Å²) in [6, 6.07) is 10.3. The van der Waals surface area contributed by atoms with Crippen molar-refractivity contribution in [3.05, 3.63) is 42.1 Å². The van der Waals surface area contributed by atoms with Crippen molar-refractivity contribution in [2.75, 3.05) is 19.7 Å². The van der Waals surface area contributed by atoms with Gasteiger partial charge in [-0.1, -0.05) is 18.2 Å². The van der Waals surface area contributed by atoms with Gasteiger partial charge in [0.15, 0.2) is 0 Å². The van der Waals surface area contributed by atoms with Gasteiger partial charge in [-0.05, 0) is 31.5 Å². The van der Waals surface area contributed by atoms with E-state index in [1.54, 1.807) is 6.20 Å². The molecule has 1 fully saturated rings. The summed E-state index contributed by atoms with van der Waals surface area (Å²) < 4.78 is 5.77. The summed E-state index contributed by atoms with van der Waals surface area (Å²) in [6.45, 7) is 6.72. The van der Waals surface area contributed by atoms with E-state index in [9.17, 15) is 5.11 Å². The third-order valence-corrected chi connectivity index (χ3v) is 4.18. The van der Waals surface area contributed by atoms with E-state index in [2.05, 4.69) is 23.7 Å². The molecule has 0 bridgehead atoms. The van der Waals surface area contributed by atoms with Crippen LogP contribution >= 0.6 is 0 Å². The highest BCUT2D eigenvalue weighted by molar-refractivity contribution is 5.78. The lowest BCUT2D eigenvalue weighted by atomic mass is 10.0. The Hall–Kier alpha value is -1.49. The number of aliphatic hydroxyl groups is 1. The second-order valence-electron chi connectivity index (χ2n) is 5.90. The summed E-state index contributed by atoms with van der Waals surface area (Å²) in [4.78, 5) is 6.69. The van der Waals surface area contributed by atoms with Crippen molar-refractivity contribution >= 4 is 10.9 Å². The Morgan fingerprint density at radius 3 is 3.00 bits per heavy atom. The lowest BCUT2D eigenvalue weighted by Crippen LogP contribution is -2.47. The van der Waals surface area contributed by atoms with Crippen molar-refractivity contribution in [2.24, 2.45) is 0 Å². The zero-order valence-corrected chi connectivity index (χ0v) is 12.6. The molecule has 4 heteroatoms. The van der Waals surface area contributed by atoms with Crippen molar-refractivity contribution in [1.82, 2.24) is 9.88 Å². The molecule has 2 heterocycles. The van der Waals surface area contributed by atoms with Crippen LogP contribution in [0.1, 0.15) is 25.5 Å². The van der Waals surface area contributed by atoms with Gasteiger partial charge in [0.2, 0.25) is 0 Å². The first-order valence-corrected chi connectivity index (χ1v) is 7.53. The quantitative estimate of drug-likeness (QED) is 0.941. The van der Waals surface area contributed by atoms with Crippen LogP contribution in [0.15, 0.2) is 36.5 Å². The Bertz CT molecular complexity index is 615. The average Bonchev–Trinajstić information content (AvgIpc) is 2.53. The van der Waals surface area contributed by atoms with E-state index in [4.69, 9.17) is 4.74 Å². The zero-order valence-electron chi connectivity index (χ0n) is 12.6. The molecule has 1 aliphatic rings. The van der Waals surface area contributed by atoms with E-state index in [-0.39, 0.29) is 6.10 Å². The Balaban J connectivity index is 1.81. The van der Waals surface area contributed by atoms with Crippen LogP contribution in [0.2, 0.25) is 0 Å². The van der Waals surface area contributed by atoms with Gasteiger partial charge in [-0.25, -0.2) is 0 Å². The molecule has 1 aliphatic heterocycles. The molecular weight excluding hydrogens is 264 g/mol. The molecule has 1 saturated heterocycles. The average molecular weight is 286 g/mol. The number of hydrogen-bond acceptors (Lipinski definition) is 4. The lowest BCUT2D eigenvalue weighted by Gasteiger charge is -2.37. The van der Waals surface area contributed by atoms with Gasteiger partial charge >= 0.3 is 0 Å². The van der Waals surface area contributed by atoms with Gasteiger partial charge in [-0.15, -0.1) is 0 Å². The number of hydrogen-bond donors (Lipinski definition) is 1. The van der Waals surface area contributed by atoms with Gasteiger partial charge in [-0.2, -0.15) is 0 Å². The topological polar surface area (TPSA) is 45.6 Å². The molecule has 1 aromatic carbocycles. The van der Waals surface area contributed by atoms with E-state index in [1.165, 1.54) is 0 Å². The van der Waals surface area contributed by atoms with Gasteiger partial charge in [-0.3, -0.25) is 9.88 Å². The Morgan fingerprint density at radius 1 is 1.33 bits per heavy atom. The van der Waals surface area contributed by atoms with Gasteiger partial charge in [0.05, 0.1) is 12.1 Å². The van der Waals surface area contributed by atoms with Crippen LogP contribution in [0.4, 0.5) is 0 Å². The van der Waals surface area contributed by atoms with E-state index < -0.39 is 6.10 Å². The number of rotatable bonds is 3. The zero-order chi connectivity index (χ0) is 14.8.